The molecule has 1 aliphatic heterocycles. The summed E-state index contributed by atoms with van der Waals surface area (Å²) in [6, 6.07) is 36.5. The molecule has 0 radical (unpaired) electrons. The zero-order valence-corrected chi connectivity index (χ0v) is 26.9. The summed E-state index contributed by atoms with van der Waals surface area (Å²) in [5, 5.41) is 4.83. The monoisotopic (exact) mass is 661 g/mol. The number of aromatic nitrogens is 10. The first-order chi connectivity index (χ1) is 25.3. The second kappa shape index (κ2) is 11.7. The van der Waals surface area contributed by atoms with Crippen molar-refractivity contribution in [2.45, 2.75) is 0 Å². The second-order valence-corrected chi connectivity index (χ2v) is 11.8. The van der Waals surface area contributed by atoms with Crippen LogP contribution < -0.4 is 0 Å². The third kappa shape index (κ3) is 4.76. The van der Waals surface area contributed by atoms with Crippen LogP contribution in [-0.4, -0.2) is 61.3 Å². The highest BCUT2D eigenvalue weighted by atomic mass is 15.2. The Balaban J connectivity index is 1.30. The summed E-state index contributed by atoms with van der Waals surface area (Å²) in [7, 11) is 0. The van der Waals surface area contributed by atoms with Crippen LogP contribution in [0.4, 0.5) is 11.6 Å². The molecule has 0 amide bonds. The van der Waals surface area contributed by atoms with Gasteiger partial charge in [-0.2, -0.15) is 0 Å². The number of benzene rings is 4. The maximum absolute atomic E-state index is 5.08. The van der Waals surface area contributed by atoms with Gasteiger partial charge in [0.25, 0.3) is 0 Å². The molecule has 12 nitrogen and oxygen atoms in total. The van der Waals surface area contributed by atoms with Gasteiger partial charge in [-0.15, -0.1) is 0 Å². The van der Waals surface area contributed by atoms with Gasteiger partial charge in [-0.1, -0.05) is 66.7 Å². The number of aliphatic imine (C=N–C) groups is 1. The topological polar surface area (TPSA) is 131 Å². The van der Waals surface area contributed by atoms with Crippen LogP contribution in [0.3, 0.4) is 0 Å². The molecule has 5 aromatic heterocycles. The van der Waals surface area contributed by atoms with E-state index in [1.807, 2.05) is 100 Å². The molecule has 9 aromatic rings. The zero-order valence-electron chi connectivity index (χ0n) is 26.9. The maximum Gasteiger partial charge on any atom is 0.198 e. The lowest BCUT2D eigenvalue weighted by atomic mass is 10.0. The van der Waals surface area contributed by atoms with Gasteiger partial charge < -0.3 is 9.88 Å². The summed E-state index contributed by atoms with van der Waals surface area (Å²) in [6.45, 7) is 0.471. The van der Waals surface area contributed by atoms with Crippen molar-refractivity contribution in [2.75, 3.05) is 6.54 Å². The lowest BCUT2D eigenvalue weighted by molar-refractivity contribution is 1.06. The van der Waals surface area contributed by atoms with Gasteiger partial charge in [0, 0.05) is 53.5 Å². The van der Waals surface area contributed by atoms with Crippen LogP contribution in [0.1, 0.15) is 0 Å². The maximum atomic E-state index is 5.08. The highest BCUT2D eigenvalue weighted by molar-refractivity contribution is 5.87. The number of rotatable bonds is 6. The quantitative estimate of drug-likeness (QED) is 0.177. The van der Waals surface area contributed by atoms with Crippen molar-refractivity contribution in [3.05, 3.63) is 139 Å². The number of imidazole rings is 3. The van der Waals surface area contributed by atoms with Gasteiger partial charge in [0.2, 0.25) is 0 Å². The molecule has 0 unspecified atom stereocenters. The molecular weight excluding hydrogens is 637 g/mol. The Labute approximate surface area is 290 Å². The van der Waals surface area contributed by atoms with Gasteiger partial charge >= 0.3 is 0 Å². The Morgan fingerprint density at radius 1 is 0.471 bits per heavy atom. The normalized spacial score (nSPS) is 12.3. The fourth-order valence-electron chi connectivity index (χ4n) is 6.57. The van der Waals surface area contributed by atoms with Gasteiger partial charge in [0.1, 0.15) is 11.6 Å². The van der Waals surface area contributed by atoms with Crippen molar-refractivity contribution in [2.24, 2.45) is 4.99 Å². The second-order valence-electron chi connectivity index (χ2n) is 11.8. The first-order valence-corrected chi connectivity index (χ1v) is 16.3. The van der Waals surface area contributed by atoms with Gasteiger partial charge in [-0.3, -0.25) is 9.13 Å². The van der Waals surface area contributed by atoms with Crippen LogP contribution in [0.15, 0.2) is 139 Å². The van der Waals surface area contributed by atoms with Crippen LogP contribution in [0.2, 0.25) is 0 Å². The Morgan fingerprint density at radius 3 is 1.39 bits per heavy atom. The standard InChI is InChI=1S/C39H25N12/c1-4-10-28(11-5-1)49-34(46-31-37(49)43-19-16-40-31)25-22-26(35-47-32-38(44-20-17-41-32)50(35)29-12-6-2-7-13-29)24-27(23-25)36-48-33-39(45-21-18-42-33)51(36)30-14-8-3-9-15-30/h1-20,22-24H,21H2/q-1. The Bertz CT molecular complexity index is 2610. The third-order valence-corrected chi connectivity index (χ3v) is 8.71. The average molecular weight is 662 g/mol. The van der Waals surface area contributed by atoms with Crippen LogP contribution in [-0.2, 0) is 0 Å². The highest BCUT2D eigenvalue weighted by Crippen LogP contribution is 2.42. The van der Waals surface area contributed by atoms with E-state index >= 15 is 0 Å². The summed E-state index contributed by atoms with van der Waals surface area (Å²) >= 11 is 0. The smallest absolute Gasteiger partial charge is 0.198 e. The molecule has 12 heteroatoms. The van der Waals surface area contributed by atoms with Crippen LogP contribution >= 0.6 is 0 Å². The molecule has 6 heterocycles. The van der Waals surface area contributed by atoms with Gasteiger partial charge in [-0.25, -0.2) is 39.9 Å². The predicted octanol–water partition coefficient (Wildman–Crippen LogP) is 7.85. The Morgan fingerprint density at radius 2 is 0.902 bits per heavy atom. The number of para-hydroxylation sites is 3. The molecule has 0 N–H and O–H groups in total. The predicted molar refractivity (Wildman–Crippen MR) is 196 cm³/mol. The lowest BCUT2D eigenvalue weighted by Crippen LogP contribution is -2.03. The van der Waals surface area contributed by atoms with E-state index in [0.29, 0.717) is 58.2 Å². The summed E-state index contributed by atoms with van der Waals surface area (Å²) in [5.41, 5.74) is 7.50. The van der Waals surface area contributed by atoms with Crippen molar-refractivity contribution in [1.29, 1.82) is 0 Å². The molecule has 0 fully saturated rings. The number of hydrogen-bond acceptors (Lipinski definition) is 8. The minimum absolute atomic E-state index is 0.471. The van der Waals surface area contributed by atoms with Crippen LogP contribution in [0.5, 0.6) is 0 Å². The molecule has 51 heavy (non-hydrogen) atoms. The molecule has 10 rings (SSSR count). The molecule has 0 saturated heterocycles. The Kier molecular flexibility index (Phi) is 6.55. The van der Waals surface area contributed by atoms with Gasteiger partial charge in [0.15, 0.2) is 28.4 Å². The first kappa shape index (κ1) is 28.7. The van der Waals surface area contributed by atoms with Crippen molar-refractivity contribution in [3.63, 3.8) is 0 Å². The van der Waals surface area contributed by atoms with E-state index in [1.54, 1.807) is 31.0 Å². The summed E-state index contributed by atoms with van der Waals surface area (Å²) in [5.74, 6) is 3.25. The minimum atomic E-state index is 0.471. The third-order valence-electron chi connectivity index (χ3n) is 8.71. The number of nitrogens with zero attached hydrogens (tertiary/aromatic N) is 12. The van der Waals surface area contributed by atoms with Crippen molar-refractivity contribution in [1.82, 2.24) is 48.6 Å². The minimum Gasteiger partial charge on any atom is -0.457 e. The lowest BCUT2D eigenvalue weighted by Gasteiger charge is -2.24. The molecule has 242 valence electrons. The summed E-state index contributed by atoms with van der Waals surface area (Å²) < 4.78 is 6.12. The van der Waals surface area contributed by atoms with Crippen molar-refractivity contribution >= 4 is 40.4 Å². The summed E-state index contributed by atoms with van der Waals surface area (Å²) in [4.78, 5) is 38.4. The molecule has 0 aliphatic carbocycles. The van der Waals surface area contributed by atoms with E-state index in [0.717, 1.165) is 33.8 Å². The van der Waals surface area contributed by atoms with Crippen molar-refractivity contribution < 1.29 is 0 Å². The molecular formula is C39H25N12-. The number of fused-ring (bicyclic) bond motifs is 3. The average Bonchev–Trinajstić information content (AvgIpc) is 3.91. The Hall–Kier alpha value is -7.34. The van der Waals surface area contributed by atoms with E-state index in [-0.39, 0.29) is 0 Å². The van der Waals surface area contributed by atoms with Gasteiger partial charge in [-0.05, 0) is 66.1 Å². The molecule has 1 aliphatic rings. The van der Waals surface area contributed by atoms with E-state index in [4.69, 9.17) is 30.2 Å². The fourth-order valence-corrected chi connectivity index (χ4v) is 6.57. The molecule has 0 saturated carbocycles. The van der Waals surface area contributed by atoms with E-state index < -0.39 is 0 Å². The van der Waals surface area contributed by atoms with Crippen LogP contribution in [0.25, 0.3) is 79.1 Å². The zero-order chi connectivity index (χ0) is 33.7. The fraction of sp³-hybridized carbons (Fsp3) is 0.0256. The molecule has 0 atom stereocenters. The van der Waals surface area contributed by atoms with Crippen molar-refractivity contribution in [3.8, 4) is 51.2 Å². The summed E-state index contributed by atoms with van der Waals surface area (Å²) in [6.07, 6.45) is 8.46. The molecule has 0 bridgehead atoms. The van der Waals surface area contributed by atoms with Crippen LogP contribution in [0, 0.1) is 0 Å². The first-order valence-electron chi connectivity index (χ1n) is 16.3. The molecule has 4 aromatic carbocycles. The highest BCUT2D eigenvalue weighted by Gasteiger charge is 2.23. The van der Waals surface area contributed by atoms with E-state index in [9.17, 15) is 0 Å². The number of hydrogen-bond donors (Lipinski definition) is 0. The van der Waals surface area contributed by atoms with E-state index in [1.165, 1.54) is 0 Å². The largest absolute Gasteiger partial charge is 0.457 e. The SMILES string of the molecule is C1=Nc2nc(-c3cc(-c4nc5nccnc5n4-c4ccccc4)cc(-c4nc5nccnc5n4-c4ccccc4)c3)n(-c3ccccc3)c2[N-]C1. The molecule has 0 spiro atoms. The van der Waals surface area contributed by atoms with Gasteiger partial charge in [0.05, 0.1) is 5.82 Å². The van der Waals surface area contributed by atoms with E-state index in [2.05, 4.69) is 37.7 Å².